The highest BCUT2D eigenvalue weighted by molar-refractivity contribution is 8.02. The number of hydrogen-bond acceptors (Lipinski definition) is 5. The minimum Gasteiger partial charge on any atom is -0.497 e. The van der Waals surface area contributed by atoms with Crippen molar-refractivity contribution < 1.29 is 17.9 Å². The van der Waals surface area contributed by atoms with Crippen LogP contribution in [0.25, 0.3) is 0 Å². The number of hydrogen-bond donors (Lipinski definition) is 0. The Labute approximate surface area is 164 Å². The number of nitrogens with zero attached hydrogens (tertiary/aromatic N) is 1. The monoisotopic (exact) mass is 405 g/mol. The summed E-state index contributed by atoms with van der Waals surface area (Å²) in [5.74, 6) is 1.12. The van der Waals surface area contributed by atoms with E-state index in [-0.39, 0.29) is 22.7 Å². The molecule has 1 aliphatic rings. The van der Waals surface area contributed by atoms with E-state index in [2.05, 4.69) is 0 Å². The van der Waals surface area contributed by atoms with Gasteiger partial charge in [0.15, 0.2) is 9.84 Å². The number of amides is 1. The van der Waals surface area contributed by atoms with E-state index in [1.807, 2.05) is 42.5 Å². The first-order valence-corrected chi connectivity index (χ1v) is 11.4. The lowest BCUT2D eigenvalue weighted by Crippen LogP contribution is -2.26. The van der Waals surface area contributed by atoms with Gasteiger partial charge in [0.05, 0.1) is 24.2 Å². The van der Waals surface area contributed by atoms with E-state index in [4.69, 9.17) is 4.74 Å². The van der Waals surface area contributed by atoms with E-state index in [9.17, 15) is 13.2 Å². The minimum absolute atomic E-state index is 0.0100. The van der Waals surface area contributed by atoms with E-state index >= 15 is 0 Å². The topological polar surface area (TPSA) is 63.7 Å². The highest BCUT2D eigenvalue weighted by Crippen LogP contribution is 2.33. The molecule has 2 aromatic carbocycles. The number of rotatable bonds is 6. The molecule has 1 unspecified atom stereocenters. The van der Waals surface area contributed by atoms with Crippen LogP contribution in [0.5, 0.6) is 5.75 Å². The lowest BCUT2D eigenvalue weighted by molar-refractivity contribution is 0.0781. The molecule has 0 saturated carbocycles. The molecule has 1 atom stereocenters. The molecule has 0 radical (unpaired) electrons. The Bertz CT molecular complexity index is 910. The molecule has 144 valence electrons. The molecule has 1 fully saturated rings. The third-order valence-corrected chi connectivity index (χ3v) is 7.85. The van der Waals surface area contributed by atoms with E-state index < -0.39 is 9.84 Å². The van der Waals surface area contributed by atoms with Crippen molar-refractivity contribution in [2.24, 2.45) is 0 Å². The summed E-state index contributed by atoms with van der Waals surface area (Å²) in [6, 6.07) is 15.0. The smallest absolute Gasteiger partial charge is 0.255 e. The molecule has 1 saturated heterocycles. The number of ether oxygens (including phenoxy) is 1. The van der Waals surface area contributed by atoms with E-state index in [0.717, 1.165) is 16.2 Å². The minimum atomic E-state index is -2.94. The van der Waals surface area contributed by atoms with Crippen LogP contribution < -0.4 is 4.74 Å². The van der Waals surface area contributed by atoms with Gasteiger partial charge in [-0.2, -0.15) is 0 Å². The van der Waals surface area contributed by atoms with E-state index in [1.165, 1.54) is 11.8 Å². The maximum atomic E-state index is 13.0. The summed E-state index contributed by atoms with van der Waals surface area (Å²) in [6.45, 7) is 0.486. The molecule has 2 aromatic rings. The zero-order valence-corrected chi connectivity index (χ0v) is 17.1. The number of methoxy groups -OCH3 is 1. The molecule has 1 aliphatic heterocycles. The molecular formula is C20H23NO4S2. The molecule has 7 heteroatoms. The van der Waals surface area contributed by atoms with Crippen molar-refractivity contribution in [2.75, 3.05) is 25.7 Å². The Balaban J connectivity index is 1.72. The van der Waals surface area contributed by atoms with Crippen LogP contribution in [0.2, 0.25) is 0 Å². The van der Waals surface area contributed by atoms with Crippen LogP contribution in [0.1, 0.15) is 22.3 Å². The molecule has 0 bridgehead atoms. The highest BCUT2D eigenvalue weighted by Gasteiger charge is 2.29. The third kappa shape index (κ3) is 5.05. The molecule has 0 aromatic heterocycles. The molecule has 5 nitrogen and oxygen atoms in total. The second-order valence-electron chi connectivity index (χ2n) is 6.65. The first-order valence-electron chi connectivity index (χ1n) is 8.72. The van der Waals surface area contributed by atoms with Gasteiger partial charge >= 0.3 is 0 Å². The van der Waals surface area contributed by atoms with Crippen molar-refractivity contribution in [3.05, 3.63) is 59.7 Å². The molecular weight excluding hydrogens is 382 g/mol. The Hall–Kier alpha value is -1.99. The van der Waals surface area contributed by atoms with Gasteiger partial charge in [0.1, 0.15) is 5.75 Å². The van der Waals surface area contributed by atoms with Gasteiger partial charge < -0.3 is 9.64 Å². The van der Waals surface area contributed by atoms with Crippen molar-refractivity contribution in [1.29, 1.82) is 0 Å². The fourth-order valence-corrected chi connectivity index (χ4v) is 6.68. The van der Waals surface area contributed by atoms with Crippen molar-refractivity contribution in [2.45, 2.75) is 23.1 Å². The van der Waals surface area contributed by atoms with Gasteiger partial charge in [-0.3, -0.25) is 4.79 Å². The molecule has 1 amide bonds. The zero-order chi connectivity index (χ0) is 19.4. The number of benzene rings is 2. The van der Waals surface area contributed by atoms with Gasteiger partial charge in [0, 0.05) is 23.7 Å². The van der Waals surface area contributed by atoms with Gasteiger partial charge in [-0.25, -0.2) is 8.42 Å². The van der Waals surface area contributed by atoms with Crippen LogP contribution >= 0.6 is 11.8 Å². The number of carbonyl (C=O) groups is 1. The fraction of sp³-hybridized carbons (Fsp3) is 0.350. The van der Waals surface area contributed by atoms with Crippen molar-refractivity contribution in [3.8, 4) is 5.75 Å². The Morgan fingerprint density at radius 3 is 2.52 bits per heavy atom. The first kappa shape index (κ1) is 19.8. The third-order valence-electron chi connectivity index (χ3n) is 4.53. The molecule has 0 aliphatic carbocycles. The van der Waals surface area contributed by atoms with Gasteiger partial charge in [-0.1, -0.05) is 24.3 Å². The molecule has 0 N–H and O–H groups in total. The van der Waals surface area contributed by atoms with Crippen molar-refractivity contribution >= 4 is 27.5 Å². The van der Waals surface area contributed by atoms with E-state index in [1.54, 1.807) is 25.1 Å². The van der Waals surface area contributed by atoms with Gasteiger partial charge in [0.25, 0.3) is 5.91 Å². The standard InChI is InChI=1S/C20H23NO4S2/c1-21(13-15-7-9-16(25-2)10-8-15)20(22)18-5-3-4-6-19(18)26-17-11-12-27(23,24)14-17/h3-10,17H,11-14H2,1-2H3. The Kier molecular flexibility index (Phi) is 6.11. The Morgan fingerprint density at radius 2 is 1.89 bits per heavy atom. The number of thioether (sulfide) groups is 1. The predicted molar refractivity (Wildman–Crippen MR) is 108 cm³/mol. The summed E-state index contributed by atoms with van der Waals surface area (Å²) < 4.78 is 28.6. The van der Waals surface area contributed by atoms with E-state index in [0.29, 0.717) is 18.5 Å². The summed E-state index contributed by atoms with van der Waals surface area (Å²) in [4.78, 5) is 15.5. The normalized spacial score (nSPS) is 18.2. The second-order valence-corrected chi connectivity index (χ2v) is 10.2. The van der Waals surface area contributed by atoms with Crippen molar-refractivity contribution in [1.82, 2.24) is 4.90 Å². The van der Waals surface area contributed by atoms with Crippen LogP contribution in [-0.4, -0.2) is 50.1 Å². The summed E-state index contributed by atoms with van der Waals surface area (Å²) in [7, 11) is 0.454. The van der Waals surface area contributed by atoms with Gasteiger partial charge in [-0.05, 0) is 36.2 Å². The maximum absolute atomic E-state index is 13.0. The van der Waals surface area contributed by atoms with Crippen molar-refractivity contribution in [3.63, 3.8) is 0 Å². The molecule has 27 heavy (non-hydrogen) atoms. The van der Waals surface area contributed by atoms with Crippen LogP contribution in [0.4, 0.5) is 0 Å². The first-order chi connectivity index (χ1) is 12.9. The second kappa shape index (κ2) is 8.35. The molecule has 0 spiro atoms. The molecule has 3 rings (SSSR count). The molecule has 1 heterocycles. The lowest BCUT2D eigenvalue weighted by atomic mass is 10.1. The van der Waals surface area contributed by atoms with Crippen LogP contribution in [0, 0.1) is 0 Å². The summed E-state index contributed by atoms with van der Waals surface area (Å²) in [6.07, 6.45) is 0.636. The summed E-state index contributed by atoms with van der Waals surface area (Å²) in [5.41, 5.74) is 1.63. The van der Waals surface area contributed by atoms with Crippen LogP contribution in [0.3, 0.4) is 0 Å². The maximum Gasteiger partial charge on any atom is 0.255 e. The van der Waals surface area contributed by atoms with Crippen LogP contribution in [-0.2, 0) is 16.4 Å². The number of sulfone groups is 1. The van der Waals surface area contributed by atoms with Gasteiger partial charge in [0.2, 0.25) is 0 Å². The summed E-state index contributed by atoms with van der Waals surface area (Å²) in [5, 5.41) is 0.0100. The zero-order valence-electron chi connectivity index (χ0n) is 15.4. The predicted octanol–water partition coefficient (Wildman–Crippen LogP) is 3.25. The number of carbonyl (C=O) groups excluding carboxylic acids is 1. The average Bonchev–Trinajstić information content (AvgIpc) is 3.00. The average molecular weight is 406 g/mol. The SMILES string of the molecule is COc1ccc(CN(C)C(=O)c2ccccc2SC2CCS(=O)(=O)C2)cc1. The largest absolute Gasteiger partial charge is 0.497 e. The fourth-order valence-electron chi connectivity index (χ4n) is 3.06. The Morgan fingerprint density at radius 1 is 1.19 bits per heavy atom. The van der Waals surface area contributed by atoms with Crippen LogP contribution in [0.15, 0.2) is 53.4 Å². The summed E-state index contributed by atoms with van der Waals surface area (Å²) >= 11 is 1.49. The lowest BCUT2D eigenvalue weighted by Gasteiger charge is -2.20. The van der Waals surface area contributed by atoms with Gasteiger partial charge in [-0.15, -0.1) is 11.8 Å². The highest BCUT2D eigenvalue weighted by atomic mass is 32.2. The quantitative estimate of drug-likeness (QED) is 0.738.